The van der Waals surface area contributed by atoms with Gasteiger partial charge in [-0.25, -0.2) is 17.9 Å². The van der Waals surface area contributed by atoms with Gasteiger partial charge in [0, 0.05) is 25.7 Å². The van der Waals surface area contributed by atoms with Crippen LogP contribution in [0.25, 0.3) is 0 Å². The van der Waals surface area contributed by atoms with Gasteiger partial charge in [-0.1, -0.05) is 0 Å². The van der Waals surface area contributed by atoms with Crippen LogP contribution in [0.5, 0.6) is 0 Å². The molecule has 2 amide bonds. The van der Waals surface area contributed by atoms with Gasteiger partial charge in [0.25, 0.3) is 0 Å². The molecule has 0 aromatic carbocycles. The molecule has 2 heterocycles. The van der Waals surface area contributed by atoms with Crippen LogP contribution in [0.3, 0.4) is 0 Å². The minimum absolute atomic E-state index is 0.0274. The number of hydrogen-bond donors (Lipinski definition) is 2. The van der Waals surface area contributed by atoms with Crippen molar-refractivity contribution in [2.24, 2.45) is 0 Å². The Morgan fingerprint density at radius 2 is 2.09 bits per heavy atom. The first-order valence-electron chi connectivity index (χ1n) is 8.00. The van der Waals surface area contributed by atoms with E-state index < -0.39 is 10.0 Å². The van der Waals surface area contributed by atoms with Gasteiger partial charge >= 0.3 is 6.03 Å². The molecule has 0 aromatic rings. The molecule has 2 rings (SSSR count). The predicted molar refractivity (Wildman–Crippen MR) is 84.2 cm³/mol. The number of hydrogen-bond acceptors (Lipinski definition) is 4. The van der Waals surface area contributed by atoms with E-state index in [4.69, 9.17) is 4.74 Å². The summed E-state index contributed by atoms with van der Waals surface area (Å²) in [5.74, 6) is 0. The van der Waals surface area contributed by atoms with Crippen LogP contribution in [-0.4, -0.2) is 63.5 Å². The summed E-state index contributed by atoms with van der Waals surface area (Å²) >= 11 is 0. The van der Waals surface area contributed by atoms with E-state index in [-0.39, 0.29) is 30.8 Å². The minimum Gasteiger partial charge on any atom is -0.376 e. The average molecular weight is 333 g/mol. The van der Waals surface area contributed by atoms with E-state index in [1.54, 1.807) is 4.90 Å². The van der Waals surface area contributed by atoms with Crippen molar-refractivity contribution in [2.75, 3.05) is 26.0 Å². The normalized spacial score (nSPS) is 27.6. The summed E-state index contributed by atoms with van der Waals surface area (Å²) in [6, 6.07) is -0.233. The first-order valence-corrected chi connectivity index (χ1v) is 9.89. The Hall–Kier alpha value is -0.860. The molecule has 0 aromatic heterocycles. The number of rotatable bonds is 5. The standard InChI is InChI=1S/C14H27N3O4S/c1-11(13-7-5-9-21-13)16-14(18)17-8-4-3-6-12(17)10-15-22(2,19)20/h11-13,15H,3-10H2,1-2H3,(H,16,18)/t11-,12+,13+/m0/s1. The van der Waals surface area contributed by atoms with Crippen molar-refractivity contribution in [3.8, 4) is 0 Å². The molecule has 7 nitrogen and oxygen atoms in total. The second kappa shape index (κ2) is 7.61. The molecule has 3 atom stereocenters. The quantitative estimate of drug-likeness (QED) is 0.774. The van der Waals surface area contributed by atoms with Crippen molar-refractivity contribution < 1.29 is 17.9 Å². The van der Waals surface area contributed by atoms with Crippen LogP contribution in [0, 0.1) is 0 Å². The lowest BCUT2D eigenvalue weighted by atomic mass is 10.0. The van der Waals surface area contributed by atoms with Crippen LogP contribution in [-0.2, 0) is 14.8 Å². The Bertz CT molecular complexity index is 476. The van der Waals surface area contributed by atoms with Gasteiger partial charge in [-0.05, 0) is 39.0 Å². The molecule has 2 aliphatic rings. The lowest BCUT2D eigenvalue weighted by Crippen LogP contribution is -2.55. The van der Waals surface area contributed by atoms with E-state index >= 15 is 0 Å². The molecule has 0 radical (unpaired) electrons. The summed E-state index contributed by atoms with van der Waals surface area (Å²) in [5.41, 5.74) is 0. The third-order valence-electron chi connectivity index (χ3n) is 4.34. The van der Waals surface area contributed by atoms with Crippen molar-refractivity contribution in [1.82, 2.24) is 14.9 Å². The fraction of sp³-hybridized carbons (Fsp3) is 0.929. The molecule has 0 unspecified atom stereocenters. The first kappa shape index (κ1) is 17.5. The van der Waals surface area contributed by atoms with Crippen molar-refractivity contribution in [3.63, 3.8) is 0 Å². The van der Waals surface area contributed by atoms with Crippen LogP contribution >= 0.6 is 0 Å². The van der Waals surface area contributed by atoms with Crippen LogP contribution in [0.15, 0.2) is 0 Å². The molecule has 2 fully saturated rings. The number of urea groups is 1. The van der Waals surface area contributed by atoms with Gasteiger partial charge in [0.15, 0.2) is 0 Å². The lowest BCUT2D eigenvalue weighted by Gasteiger charge is -2.37. The second-order valence-corrected chi connectivity index (χ2v) is 8.09. The lowest BCUT2D eigenvalue weighted by molar-refractivity contribution is 0.0801. The van der Waals surface area contributed by atoms with Gasteiger partial charge in [-0.2, -0.15) is 0 Å². The maximum Gasteiger partial charge on any atom is 0.317 e. The fourth-order valence-corrected chi connectivity index (χ4v) is 3.59. The molecule has 0 spiro atoms. The smallest absolute Gasteiger partial charge is 0.317 e. The minimum atomic E-state index is -3.24. The van der Waals surface area contributed by atoms with Crippen LogP contribution in [0.4, 0.5) is 4.79 Å². The number of carbonyl (C=O) groups excluding carboxylic acids is 1. The van der Waals surface area contributed by atoms with Crippen LogP contribution in [0.2, 0.25) is 0 Å². The number of ether oxygens (including phenoxy) is 1. The average Bonchev–Trinajstić information content (AvgIpc) is 2.99. The zero-order valence-electron chi connectivity index (χ0n) is 13.4. The highest BCUT2D eigenvalue weighted by molar-refractivity contribution is 7.88. The fourth-order valence-electron chi connectivity index (χ4n) is 3.10. The second-order valence-electron chi connectivity index (χ2n) is 6.25. The molecule has 22 heavy (non-hydrogen) atoms. The van der Waals surface area contributed by atoms with Crippen LogP contribution < -0.4 is 10.0 Å². The Labute approximate surface area is 132 Å². The van der Waals surface area contributed by atoms with E-state index in [1.807, 2.05) is 6.92 Å². The summed E-state index contributed by atoms with van der Waals surface area (Å²) in [7, 11) is -3.24. The van der Waals surface area contributed by atoms with Crippen molar-refractivity contribution in [2.45, 2.75) is 57.2 Å². The van der Waals surface area contributed by atoms with Crippen molar-refractivity contribution >= 4 is 16.1 Å². The largest absolute Gasteiger partial charge is 0.376 e. The predicted octanol–water partition coefficient (Wildman–Crippen LogP) is 0.667. The molecular weight excluding hydrogens is 306 g/mol. The zero-order valence-corrected chi connectivity index (χ0v) is 14.2. The SMILES string of the molecule is C[C@H](NC(=O)N1CCCC[C@@H]1CNS(C)(=O)=O)[C@H]1CCCO1. The van der Waals surface area contributed by atoms with Gasteiger partial charge < -0.3 is 15.0 Å². The number of carbonyl (C=O) groups is 1. The van der Waals surface area contributed by atoms with E-state index in [9.17, 15) is 13.2 Å². The molecule has 8 heteroatoms. The van der Waals surface area contributed by atoms with Crippen LogP contribution in [0.1, 0.15) is 39.0 Å². The van der Waals surface area contributed by atoms with Gasteiger partial charge in [0.05, 0.1) is 18.4 Å². The Kier molecular flexibility index (Phi) is 6.05. The Morgan fingerprint density at radius 3 is 2.73 bits per heavy atom. The number of piperidine rings is 1. The number of nitrogens with zero attached hydrogens (tertiary/aromatic N) is 1. The molecule has 2 aliphatic heterocycles. The molecule has 0 saturated carbocycles. The highest BCUT2D eigenvalue weighted by Crippen LogP contribution is 2.19. The van der Waals surface area contributed by atoms with Gasteiger partial charge in [0.1, 0.15) is 0 Å². The van der Waals surface area contributed by atoms with E-state index in [1.165, 1.54) is 0 Å². The van der Waals surface area contributed by atoms with E-state index in [2.05, 4.69) is 10.0 Å². The number of likely N-dealkylation sites (tertiary alicyclic amines) is 1. The number of sulfonamides is 1. The number of nitrogens with one attached hydrogen (secondary N) is 2. The topological polar surface area (TPSA) is 87.7 Å². The third kappa shape index (κ3) is 5.10. The monoisotopic (exact) mass is 333 g/mol. The first-order chi connectivity index (χ1) is 10.4. The van der Waals surface area contributed by atoms with Gasteiger partial charge in [-0.3, -0.25) is 0 Å². The maximum atomic E-state index is 12.5. The summed E-state index contributed by atoms with van der Waals surface area (Å²) < 4.78 is 30.6. The molecule has 2 saturated heterocycles. The third-order valence-corrected chi connectivity index (χ3v) is 5.03. The summed E-state index contributed by atoms with van der Waals surface area (Å²) in [4.78, 5) is 14.2. The van der Waals surface area contributed by atoms with Gasteiger partial charge in [-0.15, -0.1) is 0 Å². The van der Waals surface area contributed by atoms with E-state index in [0.717, 1.165) is 45.0 Å². The molecule has 0 aliphatic carbocycles. The number of amides is 2. The summed E-state index contributed by atoms with van der Waals surface area (Å²) in [6.45, 7) is 3.66. The summed E-state index contributed by atoms with van der Waals surface area (Å²) in [6.07, 6.45) is 6.03. The molecule has 0 bridgehead atoms. The zero-order chi connectivity index (χ0) is 16.2. The maximum absolute atomic E-state index is 12.5. The highest BCUT2D eigenvalue weighted by Gasteiger charge is 2.30. The Morgan fingerprint density at radius 1 is 1.32 bits per heavy atom. The highest BCUT2D eigenvalue weighted by atomic mass is 32.2. The van der Waals surface area contributed by atoms with Gasteiger partial charge in [0.2, 0.25) is 10.0 Å². The summed E-state index contributed by atoms with van der Waals surface area (Å²) in [5, 5.41) is 3.00. The Balaban J connectivity index is 1.89. The van der Waals surface area contributed by atoms with Crippen molar-refractivity contribution in [3.05, 3.63) is 0 Å². The molecule has 128 valence electrons. The molecule has 2 N–H and O–H groups in total. The van der Waals surface area contributed by atoms with E-state index in [0.29, 0.717) is 6.54 Å². The van der Waals surface area contributed by atoms with Crippen molar-refractivity contribution in [1.29, 1.82) is 0 Å². The molecular formula is C14H27N3O4S.